The van der Waals surface area contributed by atoms with Gasteiger partial charge in [0, 0.05) is 34.9 Å². The van der Waals surface area contributed by atoms with Gasteiger partial charge >= 0.3 is 0 Å². The van der Waals surface area contributed by atoms with Crippen molar-refractivity contribution < 1.29 is 9.47 Å². The molecule has 1 heterocycles. The Balaban J connectivity index is 1.34. The number of halogens is 1. The standard InChI is InChI=1S/C38H48ClN3O2/c1-6-41(7-2)25-8-26-43-33-19-11-28(12-20-33)36-27-42(37(40-36)29-9-13-30(14-10-29)38(3,4)5)32-17-23-35(24-18-32)44-34-21-15-31(39)16-22-34/h11-12,15-24,27,29-30H,6-10,13-14,25-26H2,1-5H3/t29-,30-. The molecule has 1 aromatic heterocycles. The number of benzene rings is 3. The summed E-state index contributed by atoms with van der Waals surface area (Å²) in [5.74, 6) is 4.79. The van der Waals surface area contributed by atoms with Crippen molar-refractivity contribution in [3.63, 3.8) is 0 Å². The first-order chi connectivity index (χ1) is 21.2. The second-order valence-electron chi connectivity index (χ2n) is 13.1. The van der Waals surface area contributed by atoms with Crippen LogP contribution in [0.15, 0.2) is 79.0 Å². The number of hydrogen-bond donors (Lipinski definition) is 0. The lowest BCUT2D eigenvalue weighted by atomic mass is 9.69. The largest absolute Gasteiger partial charge is 0.494 e. The molecule has 0 bridgehead atoms. The summed E-state index contributed by atoms with van der Waals surface area (Å²) in [6.45, 7) is 15.5. The molecule has 0 amide bonds. The van der Waals surface area contributed by atoms with Crippen LogP contribution in [0.5, 0.6) is 17.2 Å². The van der Waals surface area contributed by atoms with E-state index in [2.05, 4.69) is 86.7 Å². The van der Waals surface area contributed by atoms with E-state index in [0.29, 0.717) is 16.4 Å². The lowest BCUT2D eigenvalue weighted by Crippen LogP contribution is -2.26. The maximum atomic E-state index is 6.06. The molecule has 0 unspecified atom stereocenters. The van der Waals surface area contributed by atoms with Crippen LogP contribution >= 0.6 is 11.6 Å². The summed E-state index contributed by atoms with van der Waals surface area (Å²) in [6, 6.07) is 24.1. The number of imidazole rings is 1. The average molecular weight is 614 g/mol. The zero-order valence-electron chi connectivity index (χ0n) is 27.1. The minimum atomic E-state index is 0.348. The molecule has 0 aliphatic heterocycles. The van der Waals surface area contributed by atoms with Gasteiger partial charge in [-0.15, -0.1) is 0 Å². The van der Waals surface area contributed by atoms with Crippen LogP contribution in [0, 0.1) is 11.3 Å². The van der Waals surface area contributed by atoms with Crippen molar-refractivity contribution in [2.45, 2.75) is 72.6 Å². The Labute approximate surface area is 269 Å². The molecule has 1 saturated carbocycles. The Morgan fingerprint density at radius 3 is 2.00 bits per heavy atom. The molecule has 4 aromatic rings. The number of rotatable bonds is 12. The van der Waals surface area contributed by atoms with Crippen LogP contribution in [0.2, 0.25) is 5.02 Å². The Morgan fingerprint density at radius 2 is 1.41 bits per heavy atom. The number of ether oxygens (including phenoxy) is 2. The Morgan fingerprint density at radius 1 is 0.818 bits per heavy atom. The fraction of sp³-hybridized carbons (Fsp3) is 0.447. The molecule has 1 aliphatic carbocycles. The third kappa shape index (κ3) is 8.25. The van der Waals surface area contributed by atoms with Gasteiger partial charge in [0.2, 0.25) is 0 Å². The van der Waals surface area contributed by atoms with Crippen LogP contribution in [-0.4, -0.2) is 40.7 Å². The van der Waals surface area contributed by atoms with E-state index in [1.54, 1.807) is 0 Å². The minimum Gasteiger partial charge on any atom is -0.494 e. The van der Waals surface area contributed by atoms with Crippen molar-refractivity contribution in [3.8, 4) is 34.2 Å². The zero-order chi connectivity index (χ0) is 31.1. The van der Waals surface area contributed by atoms with Gasteiger partial charge in [0.1, 0.15) is 23.1 Å². The summed E-state index contributed by atoms with van der Waals surface area (Å²) in [7, 11) is 0. The van der Waals surface area contributed by atoms with Crippen molar-refractivity contribution in [1.82, 2.24) is 14.5 Å². The van der Waals surface area contributed by atoms with Crippen molar-refractivity contribution >= 4 is 11.6 Å². The van der Waals surface area contributed by atoms with Crippen LogP contribution in [0.25, 0.3) is 16.9 Å². The van der Waals surface area contributed by atoms with Gasteiger partial charge < -0.3 is 18.9 Å². The molecule has 44 heavy (non-hydrogen) atoms. The maximum absolute atomic E-state index is 6.06. The summed E-state index contributed by atoms with van der Waals surface area (Å²) in [6.07, 6.45) is 8.03. The van der Waals surface area contributed by atoms with Crippen LogP contribution in [0.4, 0.5) is 0 Å². The monoisotopic (exact) mass is 613 g/mol. The highest BCUT2D eigenvalue weighted by Crippen LogP contribution is 2.44. The smallest absolute Gasteiger partial charge is 0.127 e. The van der Waals surface area contributed by atoms with Crippen LogP contribution < -0.4 is 9.47 Å². The van der Waals surface area contributed by atoms with E-state index in [-0.39, 0.29) is 0 Å². The Hall–Kier alpha value is -3.28. The van der Waals surface area contributed by atoms with Gasteiger partial charge in [-0.3, -0.25) is 0 Å². The van der Waals surface area contributed by atoms with Crippen molar-refractivity contribution in [2.24, 2.45) is 11.3 Å². The van der Waals surface area contributed by atoms with Gasteiger partial charge in [0.15, 0.2) is 0 Å². The predicted octanol–water partition coefficient (Wildman–Crippen LogP) is 10.4. The third-order valence-corrected chi connectivity index (χ3v) is 9.40. The molecule has 1 fully saturated rings. The molecule has 0 atom stereocenters. The number of nitrogens with zero attached hydrogens (tertiary/aromatic N) is 3. The van der Waals surface area contributed by atoms with E-state index < -0.39 is 0 Å². The summed E-state index contributed by atoms with van der Waals surface area (Å²) < 4.78 is 14.4. The van der Waals surface area contributed by atoms with E-state index in [1.165, 1.54) is 12.8 Å². The fourth-order valence-corrected chi connectivity index (χ4v) is 6.43. The molecule has 5 rings (SSSR count). The molecule has 234 valence electrons. The molecular weight excluding hydrogens is 566 g/mol. The summed E-state index contributed by atoms with van der Waals surface area (Å²) >= 11 is 6.04. The first kappa shape index (κ1) is 32.1. The lowest BCUT2D eigenvalue weighted by molar-refractivity contribution is 0.167. The summed E-state index contributed by atoms with van der Waals surface area (Å²) in [4.78, 5) is 7.71. The second kappa shape index (κ2) is 14.7. The van der Waals surface area contributed by atoms with Gasteiger partial charge in [0.25, 0.3) is 0 Å². The first-order valence-corrected chi connectivity index (χ1v) is 16.7. The van der Waals surface area contributed by atoms with Gasteiger partial charge in [-0.05, 0) is 129 Å². The Bertz CT molecular complexity index is 1440. The van der Waals surface area contributed by atoms with E-state index in [9.17, 15) is 0 Å². The van der Waals surface area contributed by atoms with Gasteiger partial charge in [-0.1, -0.05) is 46.2 Å². The fourth-order valence-electron chi connectivity index (χ4n) is 6.30. The van der Waals surface area contributed by atoms with E-state index in [0.717, 1.165) is 91.4 Å². The molecular formula is C38H48ClN3O2. The molecule has 0 N–H and O–H groups in total. The third-order valence-electron chi connectivity index (χ3n) is 9.15. The highest BCUT2D eigenvalue weighted by atomic mass is 35.5. The number of hydrogen-bond acceptors (Lipinski definition) is 4. The lowest BCUT2D eigenvalue weighted by Gasteiger charge is -2.36. The van der Waals surface area contributed by atoms with E-state index in [1.807, 2.05) is 36.4 Å². The van der Waals surface area contributed by atoms with Crippen molar-refractivity contribution in [3.05, 3.63) is 89.8 Å². The van der Waals surface area contributed by atoms with Crippen LogP contribution in [-0.2, 0) is 0 Å². The number of aromatic nitrogens is 2. The molecule has 0 saturated heterocycles. The van der Waals surface area contributed by atoms with Gasteiger partial charge in [-0.25, -0.2) is 4.98 Å². The highest BCUT2D eigenvalue weighted by Gasteiger charge is 2.32. The van der Waals surface area contributed by atoms with Crippen LogP contribution in [0.1, 0.15) is 78.5 Å². The Kier molecular flexibility index (Phi) is 10.7. The highest BCUT2D eigenvalue weighted by molar-refractivity contribution is 6.30. The zero-order valence-corrected chi connectivity index (χ0v) is 27.8. The normalized spacial score (nSPS) is 17.2. The predicted molar refractivity (Wildman–Crippen MR) is 183 cm³/mol. The summed E-state index contributed by atoms with van der Waals surface area (Å²) in [5, 5.41) is 0.695. The quantitative estimate of drug-likeness (QED) is 0.149. The molecule has 3 aromatic carbocycles. The van der Waals surface area contributed by atoms with E-state index >= 15 is 0 Å². The molecule has 0 spiro atoms. The molecule has 1 aliphatic rings. The maximum Gasteiger partial charge on any atom is 0.127 e. The van der Waals surface area contributed by atoms with Crippen molar-refractivity contribution in [1.29, 1.82) is 0 Å². The van der Waals surface area contributed by atoms with Gasteiger partial charge in [0.05, 0.1) is 12.3 Å². The second-order valence-corrected chi connectivity index (χ2v) is 13.5. The van der Waals surface area contributed by atoms with E-state index in [4.69, 9.17) is 26.1 Å². The average Bonchev–Trinajstić information content (AvgIpc) is 3.48. The molecule has 5 nitrogen and oxygen atoms in total. The SMILES string of the molecule is CCN(CC)CCCOc1ccc(-c2cn(-c3ccc(Oc4ccc(Cl)cc4)cc3)c([C@H]3CC[C@H](C(C)(C)C)CC3)n2)cc1. The first-order valence-electron chi connectivity index (χ1n) is 16.3. The molecule has 6 heteroatoms. The van der Waals surface area contributed by atoms with Gasteiger partial charge in [-0.2, -0.15) is 0 Å². The van der Waals surface area contributed by atoms with Crippen LogP contribution in [0.3, 0.4) is 0 Å². The summed E-state index contributed by atoms with van der Waals surface area (Å²) in [5.41, 5.74) is 3.54. The minimum absolute atomic E-state index is 0.348. The van der Waals surface area contributed by atoms with Crippen molar-refractivity contribution in [2.75, 3.05) is 26.2 Å². The topological polar surface area (TPSA) is 39.5 Å². The molecule has 0 radical (unpaired) electrons.